The van der Waals surface area contributed by atoms with Gasteiger partial charge in [0.25, 0.3) is 5.69 Å². The Morgan fingerprint density at radius 3 is 2.75 bits per heavy atom. The Kier molecular flexibility index (Phi) is 7.51. The Morgan fingerprint density at radius 1 is 1.19 bits per heavy atom. The maximum Gasteiger partial charge on any atom is 0.343 e. The lowest BCUT2D eigenvalue weighted by atomic mass is 10.1. The Morgan fingerprint density at radius 2 is 2.00 bits per heavy atom. The molecule has 10 nitrogen and oxygen atoms in total. The van der Waals surface area contributed by atoms with Gasteiger partial charge < -0.3 is 14.8 Å². The predicted molar refractivity (Wildman–Crippen MR) is 137 cm³/mol. The smallest absolute Gasteiger partial charge is 0.343 e. The second kappa shape index (κ2) is 10.8. The summed E-state index contributed by atoms with van der Waals surface area (Å²) >= 11 is 9.27. The zero-order chi connectivity index (χ0) is 25.8. The first-order valence-electron chi connectivity index (χ1n) is 10.6. The number of aromatic nitrogens is 2. The van der Waals surface area contributed by atoms with Crippen LogP contribution in [0.25, 0.3) is 16.9 Å². The van der Waals surface area contributed by atoms with Crippen molar-refractivity contribution in [1.29, 1.82) is 0 Å². The van der Waals surface area contributed by atoms with Crippen LogP contribution in [0.15, 0.2) is 65.3 Å². The number of fused-ring (bicyclic) bond motifs is 1. The Labute approximate surface area is 218 Å². The number of hydrogen-bond donors (Lipinski definition) is 1. The Balaban J connectivity index is 1.66. The molecule has 0 spiro atoms. The third-order valence-corrected chi connectivity index (χ3v) is 5.77. The van der Waals surface area contributed by atoms with E-state index in [-0.39, 0.29) is 29.5 Å². The number of rotatable bonds is 8. The van der Waals surface area contributed by atoms with Gasteiger partial charge in [0.2, 0.25) is 0 Å². The van der Waals surface area contributed by atoms with E-state index in [0.717, 1.165) is 10.5 Å². The van der Waals surface area contributed by atoms with E-state index in [0.29, 0.717) is 22.7 Å². The van der Waals surface area contributed by atoms with Gasteiger partial charge in [-0.2, -0.15) is 0 Å². The lowest BCUT2D eigenvalue weighted by molar-refractivity contribution is -0.384. The number of hydrogen-bond acceptors (Lipinski definition) is 8. The van der Waals surface area contributed by atoms with Crippen molar-refractivity contribution < 1.29 is 24.0 Å². The highest BCUT2D eigenvalue weighted by atomic mass is 79.9. The molecule has 184 valence electrons. The summed E-state index contributed by atoms with van der Waals surface area (Å²) in [6, 6.07) is 13.9. The molecule has 0 bridgehead atoms. The number of benzene rings is 2. The van der Waals surface area contributed by atoms with E-state index in [1.165, 1.54) is 12.1 Å². The summed E-state index contributed by atoms with van der Waals surface area (Å²) in [5.74, 6) is -0.472. The fourth-order valence-electron chi connectivity index (χ4n) is 3.41. The van der Waals surface area contributed by atoms with Crippen LogP contribution < -0.4 is 10.1 Å². The highest BCUT2D eigenvalue weighted by molar-refractivity contribution is 9.10. The molecule has 1 N–H and O–H groups in total. The number of halogens is 2. The zero-order valence-corrected chi connectivity index (χ0v) is 21.1. The maximum atomic E-state index is 12.7. The van der Waals surface area contributed by atoms with E-state index < -0.39 is 22.5 Å². The minimum Gasteiger partial charge on any atom is -0.465 e. The van der Waals surface area contributed by atoms with Crippen molar-refractivity contribution in [3.05, 3.63) is 86.0 Å². The Hall–Kier alpha value is -3.96. The normalized spacial score (nSPS) is 10.8. The number of esters is 2. The zero-order valence-electron chi connectivity index (χ0n) is 18.7. The quantitative estimate of drug-likeness (QED) is 0.126. The van der Waals surface area contributed by atoms with Gasteiger partial charge in [-0.25, -0.2) is 9.78 Å². The van der Waals surface area contributed by atoms with Crippen LogP contribution in [0.3, 0.4) is 0 Å². The van der Waals surface area contributed by atoms with E-state index in [2.05, 4.69) is 26.2 Å². The molecule has 0 amide bonds. The summed E-state index contributed by atoms with van der Waals surface area (Å²) in [5.41, 5.74) is 1.32. The van der Waals surface area contributed by atoms with Gasteiger partial charge in [-0.3, -0.25) is 19.3 Å². The van der Waals surface area contributed by atoms with Crippen molar-refractivity contribution in [3.8, 4) is 17.0 Å². The fraction of sp³-hybridized carbons (Fsp3) is 0.125. The summed E-state index contributed by atoms with van der Waals surface area (Å²) in [5, 5.41) is 14.1. The number of anilines is 1. The lowest BCUT2D eigenvalue weighted by Gasteiger charge is -2.10. The molecule has 4 rings (SSSR count). The second-order valence-corrected chi connectivity index (χ2v) is 8.71. The molecule has 0 aliphatic rings. The minimum atomic E-state index is -0.786. The average Bonchev–Trinajstić information content (AvgIpc) is 3.20. The molecule has 0 unspecified atom stereocenters. The monoisotopic (exact) mass is 572 g/mol. The van der Waals surface area contributed by atoms with Gasteiger partial charge in [0.15, 0.2) is 0 Å². The molecule has 0 aliphatic carbocycles. The van der Waals surface area contributed by atoms with Crippen LogP contribution in [0.5, 0.6) is 5.75 Å². The standard InChI is InChI=1S/C24H18BrClN4O6/c1-2-35-21(31)12-27-23-22(28-20-9-7-16(25)13-29(20)23)14-4-3-5-17(10-14)36-24(32)15-6-8-18(26)19(11-15)30(33)34/h3-11,13,27H,2,12H2,1H3. The van der Waals surface area contributed by atoms with Gasteiger partial charge in [-0.05, 0) is 59.3 Å². The van der Waals surface area contributed by atoms with Crippen LogP contribution in [0.1, 0.15) is 17.3 Å². The third-order valence-electron chi connectivity index (χ3n) is 4.98. The topological polar surface area (TPSA) is 125 Å². The number of nitrogens with one attached hydrogen (secondary N) is 1. The van der Waals surface area contributed by atoms with Gasteiger partial charge in [0.1, 0.15) is 34.5 Å². The van der Waals surface area contributed by atoms with E-state index in [1.54, 1.807) is 47.9 Å². The van der Waals surface area contributed by atoms with Crippen molar-refractivity contribution in [2.24, 2.45) is 0 Å². The number of ether oxygens (including phenoxy) is 2. The predicted octanol–water partition coefficient (Wildman–Crippen LogP) is 5.52. The molecule has 0 aliphatic heterocycles. The molecule has 2 aromatic heterocycles. The molecular formula is C24H18BrClN4O6. The van der Waals surface area contributed by atoms with Gasteiger partial charge >= 0.3 is 11.9 Å². The molecule has 0 saturated heterocycles. The molecule has 2 heterocycles. The number of nitro groups is 1. The summed E-state index contributed by atoms with van der Waals surface area (Å²) < 4.78 is 13.1. The van der Waals surface area contributed by atoms with Crippen LogP contribution in [0.2, 0.25) is 5.02 Å². The van der Waals surface area contributed by atoms with Crippen LogP contribution >= 0.6 is 27.5 Å². The Bertz CT molecular complexity index is 1490. The van der Waals surface area contributed by atoms with Gasteiger partial charge in [-0.1, -0.05) is 23.7 Å². The summed E-state index contributed by atoms with van der Waals surface area (Å²) in [6.07, 6.45) is 1.80. The fourth-order valence-corrected chi connectivity index (χ4v) is 3.93. The number of imidazole rings is 1. The minimum absolute atomic E-state index is 0.0223. The third kappa shape index (κ3) is 5.47. The van der Waals surface area contributed by atoms with Crippen molar-refractivity contribution >= 4 is 56.6 Å². The van der Waals surface area contributed by atoms with Gasteiger partial charge in [0, 0.05) is 22.3 Å². The second-order valence-electron chi connectivity index (χ2n) is 7.38. The summed E-state index contributed by atoms with van der Waals surface area (Å²) in [4.78, 5) is 39.7. The first kappa shape index (κ1) is 25.1. The largest absolute Gasteiger partial charge is 0.465 e. The molecular weight excluding hydrogens is 556 g/mol. The van der Waals surface area contributed by atoms with Crippen LogP contribution in [0, 0.1) is 10.1 Å². The van der Waals surface area contributed by atoms with Gasteiger partial charge in [-0.15, -0.1) is 0 Å². The van der Waals surface area contributed by atoms with Gasteiger partial charge in [0.05, 0.1) is 17.1 Å². The van der Waals surface area contributed by atoms with E-state index >= 15 is 0 Å². The molecule has 0 fully saturated rings. The van der Waals surface area contributed by atoms with Crippen LogP contribution in [0.4, 0.5) is 11.5 Å². The van der Waals surface area contributed by atoms with Crippen molar-refractivity contribution in [2.45, 2.75) is 6.92 Å². The molecule has 12 heteroatoms. The molecule has 0 radical (unpaired) electrons. The van der Waals surface area contributed by atoms with Crippen molar-refractivity contribution in [1.82, 2.24) is 9.38 Å². The van der Waals surface area contributed by atoms with Crippen molar-refractivity contribution in [2.75, 3.05) is 18.5 Å². The van der Waals surface area contributed by atoms with Crippen LogP contribution in [-0.4, -0.2) is 39.4 Å². The molecule has 0 saturated carbocycles. The van der Waals surface area contributed by atoms with E-state index in [1.807, 2.05) is 6.07 Å². The SMILES string of the molecule is CCOC(=O)CNc1c(-c2cccc(OC(=O)c3ccc(Cl)c([N+](=O)[O-])c3)c2)nc2ccc(Br)cn12. The lowest BCUT2D eigenvalue weighted by Crippen LogP contribution is -2.17. The number of nitro benzene ring substituents is 1. The highest BCUT2D eigenvalue weighted by Gasteiger charge is 2.19. The molecule has 2 aromatic carbocycles. The average molecular weight is 574 g/mol. The molecule has 4 aromatic rings. The summed E-state index contributed by atoms with van der Waals surface area (Å²) in [7, 11) is 0. The molecule has 0 atom stereocenters. The van der Waals surface area contributed by atoms with Crippen molar-refractivity contribution in [3.63, 3.8) is 0 Å². The number of nitrogens with zero attached hydrogens (tertiary/aromatic N) is 3. The first-order valence-corrected chi connectivity index (χ1v) is 11.8. The molecule has 36 heavy (non-hydrogen) atoms. The van der Waals surface area contributed by atoms with E-state index in [9.17, 15) is 19.7 Å². The maximum absolute atomic E-state index is 12.7. The van der Waals surface area contributed by atoms with Crippen LogP contribution in [-0.2, 0) is 9.53 Å². The number of carbonyl (C=O) groups excluding carboxylic acids is 2. The number of pyridine rings is 1. The number of carbonyl (C=O) groups is 2. The van der Waals surface area contributed by atoms with E-state index in [4.69, 9.17) is 21.1 Å². The summed E-state index contributed by atoms with van der Waals surface area (Å²) in [6.45, 7) is 1.91. The first-order chi connectivity index (χ1) is 17.3. The highest BCUT2D eigenvalue weighted by Crippen LogP contribution is 2.32.